The summed E-state index contributed by atoms with van der Waals surface area (Å²) in [6.45, 7) is 0. The summed E-state index contributed by atoms with van der Waals surface area (Å²) < 4.78 is 0. The predicted molar refractivity (Wildman–Crippen MR) is 76.4 cm³/mol. The summed E-state index contributed by atoms with van der Waals surface area (Å²) in [5.41, 5.74) is 0.0963. The van der Waals surface area contributed by atoms with Crippen LogP contribution in [0.4, 0.5) is 0 Å². The van der Waals surface area contributed by atoms with Crippen molar-refractivity contribution in [2.24, 2.45) is 0 Å². The highest BCUT2D eigenvalue weighted by Gasteiger charge is 2.07. The van der Waals surface area contributed by atoms with Gasteiger partial charge in [0.25, 0.3) is 0 Å². The highest BCUT2D eigenvalue weighted by atomic mass is 16.1. The topological polar surface area (TPSA) is 17.1 Å². The number of hydrogen-bond donors (Lipinski definition) is 0. The highest BCUT2D eigenvalue weighted by Crippen LogP contribution is 2.30. The van der Waals surface area contributed by atoms with Gasteiger partial charge in [0.2, 0.25) is 0 Å². The number of benzene rings is 2. The molecule has 0 saturated carbocycles. The fraction of sp³-hybridized carbons (Fsp3) is 0. The lowest BCUT2D eigenvalue weighted by atomic mass is 10.1. The largest absolute Gasteiger partial charge is 0.289 e. The lowest BCUT2D eigenvalue weighted by molar-refractivity contribution is 1.72. The van der Waals surface area contributed by atoms with Gasteiger partial charge in [-0.1, -0.05) is 48.5 Å². The van der Waals surface area contributed by atoms with Crippen LogP contribution >= 0.6 is 0 Å². The fourth-order valence-electron chi connectivity index (χ4n) is 2.76. The zero-order valence-electron chi connectivity index (χ0n) is 9.68. The summed E-state index contributed by atoms with van der Waals surface area (Å²) in [6, 6.07) is 20.0. The monoisotopic (exact) mass is 230 g/mol. The van der Waals surface area contributed by atoms with Crippen molar-refractivity contribution in [1.29, 1.82) is 0 Å². The quantitative estimate of drug-likeness (QED) is 0.447. The van der Waals surface area contributed by atoms with Gasteiger partial charge in [-0.15, -0.1) is 0 Å². The first kappa shape index (κ1) is 9.60. The first-order valence-electron chi connectivity index (χ1n) is 6.01. The minimum atomic E-state index is 0.0963. The van der Waals surface area contributed by atoms with Crippen LogP contribution in [0, 0.1) is 0 Å². The maximum absolute atomic E-state index is 12.0. The molecule has 0 aromatic heterocycles. The van der Waals surface area contributed by atoms with Gasteiger partial charge in [0, 0.05) is 10.8 Å². The summed E-state index contributed by atoms with van der Waals surface area (Å²) in [5.74, 6) is 0. The van der Waals surface area contributed by atoms with Crippen molar-refractivity contribution < 1.29 is 0 Å². The Morgan fingerprint density at radius 2 is 1.28 bits per heavy atom. The fourth-order valence-corrected chi connectivity index (χ4v) is 2.76. The molecule has 4 aromatic carbocycles. The Bertz CT molecular complexity index is 938. The van der Waals surface area contributed by atoms with E-state index in [9.17, 15) is 4.79 Å². The maximum atomic E-state index is 12.0. The Morgan fingerprint density at radius 1 is 0.556 bits per heavy atom. The van der Waals surface area contributed by atoms with Crippen molar-refractivity contribution in [1.82, 2.24) is 0 Å². The van der Waals surface area contributed by atoms with E-state index in [0.717, 1.165) is 16.2 Å². The van der Waals surface area contributed by atoms with E-state index < -0.39 is 0 Å². The second-order valence-corrected chi connectivity index (χ2v) is 4.61. The molecule has 0 saturated heterocycles. The summed E-state index contributed by atoms with van der Waals surface area (Å²) in [4.78, 5) is 12.0. The van der Waals surface area contributed by atoms with E-state index in [0.29, 0.717) is 0 Å². The summed E-state index contributed by atoms with van der Waals surface area (Å²) in [7, 11) is 0. The third-order valence-electron chi connectivity index (χ3n) is 3.62. The Morgan fingerprint density at radius 3 is 2.22 bits per heavy atom. The van der Waals surface area contributed by atoms with Gasteiger partial charge in [-0.25, -0.2) is 0 Å². The molecule has 1 nitrogen and oxygen atoms in total. The van der Waals surface area contributed by atoms with E-state index in [1.54, 1.807) is 6.07 Å². The third kappa shape index (κ3) is 1.13. The van der Waals surface area contributed by atoms with Gasteiger partial charge in [-0.05, 0) is 33.7 Å². The van der Waals surface area contributed by atoms with Crippen LogP contribution in [0.5, 0.6) is 0 Å². The molecule has 4 rings (SSSR count). The van der Waals surface area contributed by atoms with Gasteiger partial charge >= 0.3 is 0 Å². The van der Waals surface area contributed by atoms with Gasteiger partial charge < -0.3 is 0 Å². The summed E-state index contributed by atoms with van der Waals surface area (Å²) in [6.07, 6.45) is 0. The van der Waals surface area contributed by atoms with Gasteiger partial charge in [-0.3, -0.25) is 4.79 Å². The molecular weight excluding hydrogens is 220 g/mol. The van der Waals surface area contributed by atoms with E-state index in [1.165, 1.54) is 16.2 Å². The first-order chi connectivity index (χ1) is 8.84. The van der Waals surface area contributed by atoms with Gasteiger partial charge in [-0.2, -0.15) is 0 Å². The molecule has 0 fully saturated rings. The van der Waals surface area contributed by atoms with Crippen LogP contribution in [0.1, 0.15) is 0 Å². The molecule has 0 aliphatic carbocycles. The Kier molecular flexibility index (Phi) is 1.76. The van der Waals surface area contributed by atoms with Gasteiger partial charge in [0.1, 0.15) is 0 Å². The van der Waals surface area contributed by atoms with Gasteiger partial charge in [0.15, 0.2) is 5.43 Å². The Balaban J connectivity index is 2.49. The summed E-state index contributed by atoms with van der Waals surface area (Å²) in [5, 5.41) is 6.57. The maximum Gasteiger partial charge on any atom is 0.186 e. The number of rotatable bonds is 0. The number of fused-ring (bicyclic) bond motifs is 2. The van der Waals surface area contributed by atoms with Crippen molar-refractivity contribution in [2.45, 2.75) is 0 Å². The van der Waals surface area contributed by atoms with Gasteiger partial charge in [0.05, 0.1) is 0 Å². The molecule has 84 valence electrons. The molecule has 0 bridgehead atoms. The zero-order valence-corrected chi connectivity index (χ0v) is 9.68. The van der Waals surface area contributed by atoms with Crippen molar-refractivity contribution >= 4 is 32.3 Å². The van der Waals surface area contributed by atoms with Crippen LogP contribution in [-0.4, -0.2) is 0 Å². The molecule has 4 aromatic rings. The van der Waals surface area contributed by atoms with E-state index in [4.69, 9.17) is 0 Å². The van der Waals surface area contributed by atoms with E-state index in [-0.39, 0.29) is 5.43 Å². The molecule has 0 unspecified atom stereocenters. The Hall–Kier alpha value is -2.41. The SMILES string of the molecule is O=c1ccc2ccc3c4ccccc4ccc1c23. The molecule has 0 heterocycles. The van der Waals surface area contributed by atoms with Crippen LogP contribution < -0.4 is 5.43 Å². The van der Waals surface area contributed by atoms with Crippen molar-refractivity contribution in [2.75, 3.05) is 0 Å². The van der Waals surface area contributed by atoms with Crippen LogP contribution in [0.15, 0.2) is 65.5 Å². The normalized spacial score (nSPS) is 11.6. The average molecular weight is 230 g/mol. The van der Waals surface area contributed by atoms with E-state index >= 15 is 0 Å². The molecule has 1 heteroatoms. The first-order valence-corrected chi connectivity index (χ1v) is 6.01. The molecule has 0 radical (unpaired) electrons. The van der Waals surface area contributed by atoms with Crippen LogP contribution in [-0.2, 0) is 0 Å². The molecule has 0 spiro atoms. The average Bonchev–Trinajstić information content (AvgIpc) is 2.74. The molecule has 0 amide bonds. The van der Waals surface area contributed by atoms with Crippen LogP contribution in [0.2, 0.25) is 0 Å². The molecule has 0 aliphatic rings. The molecular formula is C17H10O. The second kappa shape index (κ2) is 3.30. The van der Waals surface area contributed by atoms with Crippen molar-refractivity contribution in [3.8, 4) is 0 Å². The molecule has 0 atom stereocenters. The van der Waals surface area contributed by atoms with Crippen molar-refractivity contribution in [3.05, 3.63) is 70.9 Å². The van der Waals surface area contributed by atoms with E-state index in [1.807, 2.05) is 30.3 Å². The Labute approximate surface area is 104 Å². The molecule has 0 aliphatic heterocycles. The third-order valence-corrected chi connectivity index (χ3v) is 3.62. The lowest BCUT2D eigenvalue weighted by Crippen LogP contribution is -1.96. The van der Waals surface area contributed by atoms with E-state index in [2.05, 4.69) is 24.3 Å². The number of hydrogen-bond acceptors (Lipinski definition) is 1. The highest BCUT2D eigenvalue weighted by molar-refractivity contribution is 6.19. The summed E-state index contributed by atoms with van der Waals surface area (Å²) >= 11 is 0. The lowest BCUT2D eigenvalue weighted by Gasteiger charge is -1.94. The van der Waals surface area contributed by atoms with Crippen molar-refractivity contribution in [3.63, 3.8) is 0 Å². The standard InChI is InChI=1S/C17H10O/c18-16-10-7-12-6-8-14-13-4-2-1-3-11(13)5-9-15(16)17(12)14/h1-10H. The minimum Gasteiger partial charge on any atom is -0.289 e. The minimum absolute atomic E-state index is 0.0963. The van der Waals surface area contributed by atoms with Crippen LogP contribution in [0.25, 0.3) is 32.3 Å². The van der Waals surface area contributed by atoms with Crippen LogP contribution in [0.3, 0.4) is 0 Å². The molecule has 18 heavy (non-hydrogen) atoms. The second-order valence-electron chi connectivity index (χ2n) is 4.61. The zero-order chi connectivity index (χ0) is 12.1. The molecule has 0 N–H and O–H groups in total. The predicted octanol–water partition coefficient (Wildman–Crippen LogP) is 3.94. The smallest absolute Gasteiger partial charge is 0.186 e.